The maximum Gasteiger partial charge on any atom is 0.220 e. The molecule has 0 saturated heterocycles. The van der Waals surface area contributed by atoms with Gasteiger partial charge in [0.25, 0.3) is 0 Å². The Kier molecular flexibility index (Phi) is 4.12. The maximum atomic E-state index is 9.90. The molecule has 0 aliphatic carbocycles. The van der Waals surface area contributed by atoms with E-state index in [1.807, 2.05) is 0 Å². The third kappa shape index (κ3) is 3.10. The summed E-state index contributed by atoms with van der Waals surface area (Å²) in [6.07, 6.45) is 3.51. The molecule has 5 nitrogen and oxygen atoms in total. The number of aromatic nitrogens is 1. The summed E-state index contributed by atoms with van der Waals surface area (Å²) in [6, 6.07) is 8.64. The predicted octanol–water partition coefficient (Wildman–Crippen LogP) is 4.37. The van der Waals surface area contributed by atoms with Crippen LogP contribution in [0.1, 0.15) is 11.5 Å². The van der Waals surface area contributed by atoms with E-state index in [1.54, 1.807) is 42.5 Å². The predicted molar refractivity (Wildman–Crippen MR) is 89.2 cm³/mol. The van der Waals surface area contributed by atoms with Crippen LogP contribution >= 0.6 is 11.6 Å². The van der Waals surface area contributed by atoms with Crippen LogP contribution in [0.15, 0.2) is 34.7 Å². The van der Waals surface area contributed by atoms with Crippen molar-refractivity contribution in [2.45, 2.75) is 0 Å². The van der Waals surface area contributed by atoms with Crippen LogP contribution in [0.5, 0.6) is 17.2 Å². The van der Waals surface area contributed by atoms with Crippen LogP contribution in [0, 0.1) is 0 Å². The monoisotopic (exact) mass is 331 g/mol. The van der Waals surface area contributed by atoms with E-state index in [4.69, 9.17) is 25.5 Å². The zero-order chi connectivity index (χ0) is 16.4. The van der Waals surface area contributed by atoms with Crippen LogP contribution in [0.4, 0.5) is 0 Å². The molecule has 2 aromatic carbocycles. The van der Waals surface area contributed by atoms with Gasteiger partial charge in [0.05, 0.1) is 14.2 Å². The van der Waals surface area contributed by atoms with Gasteiger partial charge in [-0.2, -0.15) is 0 Å². The summed E-state index contributed by atoms with van der Waals surface area (Å²) in [4.78, 5) is 4.34. The van der Waals surface area contributed by atoms with Crippen molar-refractivity contribution in [1.82, 2.24) is 4.98 Å². The van der Waals surface area contributed by atoms with E-state index in [0.717, 1.165) is 5.56 Å². The largest absolute Gasteiger partial charge is 0.502 e. The Morgan fingerprint density at radius 3 is 2.43 bits per heavy atom. The Labute approximate surface area is 137 Å². The van der Waals surface area contributed by atoms with E-state index < -0.39 is 0 Å². The number of halogens is 1. The van der Waals surface area contributed by atoms with E-state index >= 15 is 0 Å². The molecule has 6 heteroatoms. The Hall–Kier alpha value is -2.66. The normalized spacial score (nSPS) is 11.3. The molecule has 0 bridgehead atoms. The van der Waals surface area contributed by atoms with Crippen LogP contribution < -0.4 is 9.47 Å². The van der Waals surface area contributed by atoms with Crippen molar-refractivity contribution in [2.24, 2.45) is 0 Å². The van der Waals surface area contributed by atoms with Crippen LogP contribution in [-0.4, -0.2) is 24.3 Å². The number of benzene rings is 2. The minimum Gasteiger partial charge on any atom is -0.502 e. The second-order valence-electron chi connectivity index (χ2n) is 4.77. The molecular formula is C17H14ClNO4. The van der Waals surface area contributed by atoms with Crippen molar-refractivity contribution in [3.63, 3.8) is 0 Å². The lowest BCUT2D eigenvalue weighted by Gasteiger charge is -2.09. The molecule has 0 fully saturated rings. The van der Waals surface area contributed by atoms with Gasteiger partial charge in [-0.05, 0) is 42.0 Å². The van der Waals surface area contributed by atoms with Gasteiger partial charge in [-0.15, -0.1) is 0 Å². The van der Waals surface area contributed by atoms with Crippen LogP contribution in [0.25, 0.3) is 23.3 Å². The highest BCUT2D eigenvalue weighted by molar-refractivity contribution is 6.31. The van der Waals surface area contributed by atoms with Gasteiger partial charge in [-0.3, -0.25) is 0 Å². The fraction of sp³-hybridized carbons (Fsp3) is 0.118. The van der Waals surface area contributed by atoms with Crippen LogP contribution in [0.2, 0.25) is 5.02 Å². The topological polar surface area (TPSA) is 64.7 Å². The summed E-state index contributed by atoms with van der Waals surface area (Å²) in [7, 11) is 2.96. The van der Waals surface area contributed by atoms with Crippen molar-refractivity contribution in [1.29, 1.82) is 0 Å². The highest BCUT2D eigenvalue weighted by Crippen LogP contribution is 2.37. The number of phenolic OH excluding ortho intramolecular Hbond substituents is 1. The lowest BCUT2D eigenvalue weighted by Crippen LogP contribution is -1.90. The van der Waals surface area contributed by atoms with E-state index in [2.05, 4.69) is 4.98 Å². The summed E-state index contributed by atoms with van der Waals surface area (Å²) in [5.41, 5.74) is 2.13. The average molecular weight is 332 g/mol. The van der Waals surface area contributed by atoms with Gasteiger partial charge in [-0.25, -0.2) is 4.98 Å². The SMILES string of the molecule is COc1cc(/C=C/c2nc3cc(Cl)ccc3o2)cc(OC)c1O. The quantitative estimate of drug-likeness (QED) is 0.768. The first kappa shape index (κ1) is 15.2. The summed E-state index contributed by atoms with van der Waals surface area (Å²) in [5, 5.41) is 10.5. The number of hydrogen-bond acceptors (Lipinski definition) is 5. The summed E-state index contributed by atoms with van der Waals surface area (Å²) in [5.74, 6) is 1.07. The number of nitrogens with zero attached hydrogens (tertiary/aromatic N) is 1. The zero-order valence-corrected chi connectivity index (χ0v) is 13.3. The van der Waals surface area contributed by atoms with Crippen LogP contribution in [0.3, 0.4) is 0 Å². The minimum absolute atomic E-state index is 0.0383. The van der Waals surface area contributed by atoms with Crippen LogP contribution in [-0.2, 0) is 0 Å². The van der Waals surface area contributed by atoms with Crippen molar-refractivity contribution < 1.29 is 19.0 Å². The average Bonchev–Trinajstić information content (AvgIpc) is 2.95. The van der Waals surface area contributed by atoms with Gasteiger partial charge in [0.2, 0.25) is 11.6 Å². The van der Waals surface area contributed by atoms with Gasteiger partial charge in [-0.1, -0.05) is 11.6 Å². The molecule has 0 radical (unpaired) electrons. The molecule has 1 N–H and O–H groups in total. The van der Waals surface area contributed by atoms with Crippen molar-refractivity contribution >= 4 is 34.9 Å². The Morgan fingerprint density at radius 2 is 1.78 bits per heavy atom. The molecule has 1 aromatic heterocycles. The van der Waals surface area contributed by atoms with Crippen molar-refractivity contribution in [2.75, 3.05) is 14.2 Å². The highest BCUT2D eigenvalue weighted by atomic mass is 35.5. The number of ether oxygens (including phenoxy) is 2. The zero-order valence-electron chi connectivity index (χ0n) is 12.5. The fourth-order valence-electron chi connectivity index (χ4n) is 2.17. The van der Waals surface area contributed by atoms with Gasteiger partial charge >= 0.3 is 0 Å². The molecule has 0 unspecified atom stereocenters. The first-order valence-corrected chi connectivity index (χ1v) is 7.17. The number of methoxy groups -OCH3 is 2. The summed E-state index contributed by atoms with van der Waals surface area (Å²) >= 11 is 5.93. The molecule has 0 aliphatic heterocycles. The molecule has 0 spiro atoms. The van der Waals surface area contributed by atoms with Gasteiger partial charge in [0, 0.05) is 11.1 Å². The number of hydrogen-bond donors (Lipinski definition) is 1. The first-order chi connectivity index (χ1) is 11.1. The Morgan fingerprint density at radius 1 is 1.09 bits per heavy atom. The fourth-order valence-corrected chi connectivity index (χ4v) is 2.33. The smallest absolute Gasteiger partial charge is 0.220 e. The molecule has 3 rings (SSSR count). The van der Waals surface area contributed by atoms with E-state index in [1.165, 1.54) is 14.2 Å². The number of oxazole rings is 1. The number of fused-ring (bicyclic) bond motifs is 1. The lowest BCUT2D eigenvalue weighted by molar-refractivity contribution is 0.340. The van der Waals surface area contributed by atoms with Crippen molar-refractivity contribution in [3.05, 3.63) is 46.8 Å². The summed E-state index contributed by atoms with van der Waals surface area (Å²) in [6.45, 7) is 0. The molecule has 0 saturated carbocycles. The van der Waals surface area contributed by atoms with E-state index in [-0.39, 0.29) is 5.75 Å². The minimum atomic E-state index is -0.0383. The lowest BCUT2D eigenvalue weighted by atomic mass is 10.1. The maximum absolute atomic E-state index is 9.90. The van der Waals surface area contributed by atoms with E-state index in [0.29, 0.717) is 33.5 Å². The molecule has 0 aliphatic rings. The second-order valence-corrected chi connectivity index (χ2v) is 5.21. The van der Waals surface area contributed by atoms with Gasteiger partial charge in [0.1, 0.15) is 5.52 Å². The molecule has 3 aromatic rings. The van der Waals surface area contributed by atoms with Gasteiger partial charge < -0.3 is 19.0 Å². The number of rotatable bonds is 4. The van der Waals surface area contributed by atoms with Gasteiger partial charge in [0.15, 0.2) is 17.1 Å². The second kappa shape index (κ2) is 6.22. The molecule has 118 valence electrons. The molecule has 0 atom stereocenters. The third-order valence-electron chi connectivity index (χ3n) is 3.29. The van der Waals surface area contributed by atoms with E-state index in [9.17, 15) is 5.11 Å². The highest BCUT2D eigenvalue weighted by Gasteiger charge is 2.10. The third-order valence-corrected chi connectivity index (χ3v) is 3.52. The molecule has 1 heterocycles. The number of aromatic hydroxyl groups is 1. The number of phenols is 1. The molecular weight excluding hydrogens is 318 g/mol. The Balaban J connectivity index is 1.94. The molecule has 23 heavy (non-hydrogen) atoms. The summed E-state index contributed by atoms with van der Waals surface area (Å²) < 4.78 is 15.9. The molecule has 0 amide bonds. The Bertz CT molecular complexity index is 860. The standard InChI is InChI=1S/C17H14ClNO4/c1-21-14-7-10(8-15(22-2)17(14)20)3-6-16-19-12-9-11(18)4-5-13(12)23-16/h3-9,20H,1-2H3/b6-3+. The van der Waals surface area contributed by atoms with Crippen molar-refractivity contribution in [3.8, 4) is 17.2 Å². The first-order valence-electron chi connectivity index (χ1n) is 6.80.